The van der Waals surface area contributed by atoms with Crippen LogP contribution < -0.4 is 26.7 Å². The Morgan fingerprint density at radius 1 is 1.31 bits per heavy atom. The van der Waals surface area contributed by atoms with E-state index in [0.717, 1.165) is 49.4 Å². The first-order valence-electron chi connectivity index (χ1n) is 9.05. The van der Waals surface area contributed by atoms with Gasteiger partial charge in [0.15, 0.2) is 11.6 Å². The van der Waals surface area contributed by atoms with Gasteiger partial charge in [-0.1, -0.05) is 13.3 Å². The number of nitrogen functional groups attached to an aromatic ring is 1. The van der Waals surface area contributed by atoms with Crippen LogP contribution in [0.5, 0.6) is 5.75 Å². The molecule has 0 spiro atoms. The summed E-state index contributed by atoms with van der Waals surface area (Å²) in [5.74, 6) is 5.88. The minimum atomic E-state index is -0.772. The second kappa shape index (κ2) is 6.03. The third-order valence-corrected chi connectivity index (χ3v) is 5.63. The SMILES string of the molecule is CC[C@@H]1CCN(c2c(F)cn3c(=O)n(N)c(=O)c(C4CC4)c3c2OC)C1. The van der Waals surface area contributed by atoms with Gasteiger partial charge in [-0.05, 0) is 31.1 Å². The summed E-state index contributed by atoms with van der Waals surface area (Å²) in [4.78, 5) is 27.0. The molecule has 1 aliphatic heterocycles. The van der Waals surface area contributed by atoms with Gasteiger partial charge in [-0.2, -0.15) is 4.68 Å². The molecule has 2 aromatic heterocycles. The van der Waals surface area contributed by atoms with Crippen molar-refractivity contribution in [3.8, 4) is 5.75 Å². The van der Waals surface area contributed by atoms with Gasteiger partial charge in [-0.25, -0.2) is 9.18 Å². The summed E-state index contributed by atoms with van der Waals surface area (Å²) in [6, 6.07) is 0. The first kappa shape index (κ1) is 16.9. The van der Waals surface area contributed by atoms with Gasteiger partial charge < -0.3 is 15.5 Å². The Morgan fingerprint density at radius 3 is 2.62 bits per heavy atom. The van der Waals surface area contributed by atoms with Crippen LogP contribution in [-0.4, -0.2) is 29.3 Å². The van der Waals surface area contributed by atoms with Gasteiger partial charge in [0.1, 0.15) is 11.2 Å². The van der Waals surface area contributed by atoms with Crippen LogP contribution in [0.25, 0.3) is 5.52 Å². The predicted molar refractivity (Wildman–Crippen MR) is 97.2 cm³/mol. The Balaban J connectivity index is 2.05. The van der Waals surface area contributed by atoms with E-state index in [-0.39, 0.29) is 11.7 Å². The summed E-state index contributed by atoms with van der Waals surface area (Å²) in [7, 11) is 1.45. The van der Waals surface area contributed by atoms with Crippen molar-refractivity contribution in [1.29, 1.82) is 0 Å². The topological polar surface area (TPSA) is 82.0 Å². The summed E-state index contributed by atoms with van der Waals surface area (Å²) in [6.07, 6.45) is 4.83. The molecule has 140 valence electrons. The van der Waals surface area contributed by atoms with Gasteiger partial charge in [0.05, 0.1) is 18.9 Å². The molecule has 1 saturated heterocycles. The maximum atomic E-state index is 15.0. The number of methoxy groups -OCH3 is 1. The van der Waals surface area contributed by atoms with Crippen molar-refractivity contribution in [2.75, 3.05) is 30.9 Å². The Kier molecular flexibility index (Phi) is 3.93. The highest BCUT2D eigenvalue weighted by atomic mass is 19.1. The standard InChI is InChI=1S/C18H23FN4O3/c1-3-10-6-7-21(8-10)14-12(19)9-22-15(16(14)26-2)13(11-4-5-11)17(24)23(20)18(22)25/h9-11H,3-8,20H2,1-2H3/t10-/m1/s1. The van der Waals surface area contributed by atoms with E-state index in [1.165, 1.54) is 7.11 Å². The summed E-state index contributed by atoms with van der Waals surface area (Å²) in [6.45, 7) is 3.58. The Morgan fingerprint density at radius 2 is 2.04 bits per heavy atom. The minimum Gasteiger partial charge on any atom is -0.492 e. The molecule has 0 amide bonds. The fourth-order valence-corrected chi connectivity index (χ4v) is 4.00. The highest BCUT2D eigenvalue weighted by Gasteiger charge is 2.35. The molecule has 7 nitrogen and oxygen atoms in total. The van der Waals surface area contributed by atoms with Gasteiger partial charge >= 0.3 is 5.69 Å². The highest BCUT2D eigenvalue weighted by Crippen LogP contribution is 2.45. The average molecular weight is 362 g/mol. The van der Waals surface area contributed by atoms with Crippen LogP contribution in [0.4, 0.5) is 10.1 Å². The molecule has 1 saturated carbocycles. The number of aromatic nitrogens is 2. The molecule has 4 rings (SSSR count). The lowest BCUT2D eigenvalue weighted by Crippen LogP contribution is -2.44. The van der Waals surface area contributed by atoms with E-state index in [1.54, 1.807) is 0 Å². The van der Waals surface area contributed by atoms with Gasteiger partial charge in [0.25, 0.3) is 5.56 Å². The van der Waals surface area contributed by atoms with Gasteiger partial charge in [-0.3, -0.25) is 9.20 Å². The van der Waals surface area contributed by atoms with Crippen LogP contribution in [0.2, 0.25) is 0 Å². The highest BCUT2D eigenvalue weighted by molar-refractivity contribution is 5.78. The fraction of sp³-hybridized carbons (Fsp3) is 0.556. The van der Waals surface area contributed by atoms with E-state index in [2.05, 4.69) is 6.92 Å². The van der Waals surface area contributed by atoms with E-state index in [9.17, 15) is 9.59 Å². The molecular weight excluding hydrogens is 339 g/mol. The molecule has 1 aliphatic carbocycles. The average Bonchev–Trinajstić information content (AvgIpc) is 3.36. The number of rotatable bonds is 4. The predicted octanol–water partition coefficient (Wildman–Crippen LogP) is 1.44. The number of nitrogens with zero attached hydrogens (tertiary/aromatic N) is 3. The number of ether oxygens (including phenoxy) is 1. The summed E-state index contributed by atoms with van der Waals surface area (Å²) < 4.78 is 22.2. The van der Waals surface area contributed by atoms with Crippen molar-refractivity contribution in [3.05, 3.63) is 38.4 Å². The molecule has 1 atom stereocenters. The summed E-state index contributed by atoms with van der Waals surface area (Å²) >= 11 is 0. The third kappa shape index (κ3) is 2.39. The zero-order chi connectivity index (χ0) is 18.6. The van der Waals surface area contributed by atoms with E-state index >= 15 is 4.39 Å². The van der Waals surface area contributed by atoms with Crippen LogP contribution in [0, 0.1) is 11.7 Å². The molecule has 2 aliphatic rings. The molecule has 3 heterocycles. The van der Waals surface area contributed by atoms with Crippen molar-refractivity contribution in [2.45, 2.75) is 38.5 Å². The number of pyridine rings is 1. The van der Waals surface area contributed by atoms with Crippen LogP contribution in [0.3, 0.4) is 0 Å². The van der Waals surface area contributed by atoms with Crippen molar-refractivity contribution in [2.24, 2.45) is 5.92 Å². The Bertz CT molecular complexity index is 993. The first-order valence-corrected chi connectivity index (χ1v) is 9.05. The smallest absolute Gasteiger partial charge is 0.354 e. The van der Waals surface area contributed by atoms with Gasteiger partial charge in [0, 0.05) is 13.1 Å². The number of halogens is 1. The lowest BCUT2D eigenvalue weighted by molar-refractivity contribution is 0.412. The largest absolute Gasteiger partial charge is 0.492 e. The quantitative estimate of drug-likeness (QED) is 0.833. The Labute approximate surface area is 149 Å². The lowest BCUT2D eigenvalue weighted by Gasteiger charge is -2.24. The number of anilines is 1. The van der Waals surface area contributed by atoms with Crippen LogP contribution >= 0.6 is 0 Å². The maximum absolute atomic E-state index is 15.0. The zero-order valence-electron chi connectivity index (χ0n) is 15.0. The van der Waals surface area contributed by atoms with Gasteiger partial charge in [0.2, 0.25) is 0 Å². The zero-order valence-corrected chi connectivity index (χ0v) is 15.0. The van der Waals surface area contributed by atoms with E-state index < -0.39 is 17.1 Å². The molecule has 2 N–H and O–H groups in total. The molecule has 26 heavy (non-hydrogen) atoms. The number of nitrogens with two attached hydrogens (primary N) is 1. The summed E-state index contributed by atoms with van der Waals surface area (Å²) in [5.41, 5.74) is -0.175. The molecule has 8 heteroatoms. The van der Waals surface area contributed by atoms with Crippen LogP contribution in [0.15, 0.2) is 15.8 Å². The lowest BCUT2D eigenvalue weighted by atomic mass is 10.1. The monoisotopic (exact) mass is 362 g/mol. The minimum absolute atomic E-state index is 0.0297. The second-order valence-electron chi connectivity index (χ2n) is 7.23. The molecule has 2 aromatic rings. The van der Waals surface area contributed by atoms with E-state index in [1.807, 2.05) is 4.90 Å². The van der Waals surface area contributed by atoms with Crippen molar-refractivity contribution < 1.29 is 9.13 Å². The fourth-order valence-electron chi connectivity index (χ4n) is 4.00. The third-order valence-electron chi connectivity index (χ3n) is 5.63. The van der Waals surface area contributed by atoms with E-state index in [0.29, 0.717) is 27.4 Å². The molecule has 0 unspecified atom stereocenters. The normalized spacial score (nSPS) is 20.1. The molecular formula is C18H23FN4O3. The van der Waals surface area contributed by atoms with Crippen molar-refractivity contribution >= 4 is 11.2 Å². The number of hydrogen-bond acceptors (Lipinski definition) is 5. The Hall–Kier alpha value is -2.51. The molecule has 2 fully saturated rings. The summed E-state index contributed by atoms with van der Waals surface area (Å²) in [5, 5.41) is 0. The molecule has 0 radical (unpaired) electrons. The number of hydrogen-bond donors (Lipinski definition) is 1. The van der Waals surface area contributed by atoms with Crippen LogP contribution in [-0.2, 0) is 0 Å². The van der Waals surface area contributed by atoms with Crippen molar-refractivity contribution in [3.63, 3.8) is 0 Å². The first-order chi connectivity index (χ1) is 12.5. The van der Waals surface area contributed by atoms with Crippen LogP contribution in [0.1, 0.15) is 44.1 Å². The van der Waals surface area contributed by atoms with E-state index in [4.69, 9.17) is 10.6 Å². The second-order valence-corrected chi connectivity index (χ2v) is 7.23. The molecule has 0 bridgehead atoms. The maximum Gasteiger partial charge on any atom is 0.354 e. The van der Waals surface area contributed by atoms with Gasteiger partial charge in [-0.15, -0.1) is 0 Å². The number of fused-ring (bicyclic) bond motifs is 1. The van der Waals surface area contributed by atoms with Crippen molar-refractivity contribution in [1.82, 2.24) is 9.08 Å². The molecule has 0 aromatic carbocycles.